The molecule has 1 amide bonds. The van der Waals surface area contributed by atoms with Gasteiger partial charge in [-0.15, -0.1) is 0 Å². The molecule has 9 heteroatoms. The molecule has 1 fully saturated rings. The molecule has 1 saturated heterocycles. The van der Waals surface area contributed by atoms with Gasteiger partial charge >= 0.3 is 5.97 Å². The van der Waals surface area contributed by atoms with Crippen molar-refractivity contribution in [1.29, 1.82) is 0 Å². The first-order valence-electron chi connectivity index (χ1n) is 7.88. The highest BCUT2D eigenvalue weighted by molar-refractivity contribution is 9.10. The zero-order chi connectivity index (χ0) is 20.4. The summed E-state index contributed by atoms with van der Waals surface area (Å²) in [6.07, 6.45) is 1.70. The fraction of sp³-hybridized carbons (Fsp3) is 0.105. The number of nitrogens with zero attached hydrogens (tertiary/aromatic N) is 1. The number of thioether (sulfide) groups is 1. The van der Waals surface area contributed by atoms with Crippen LogP contribution < -0.4 is 14.4 Å². The van der Waals surface area contributed by atoms with Crippen molar-refractivity contribution in [2.24, 2.45) is 0 Å². The van der Waals surface area contributed by atoms with Gasteiger partial charge < -0.3 is 14.6 Å². The Labute approximate surface area is 179 Å². The molecule has 0 radical (unpaired) electrons. The van der Waals surface area contributed by atoms with Gasteiger partial charge in [-0.1, -0.05) is 30.0 Å². The molecule has 1 aliphatic heterocycles. The zero-order valence-corrected chi connectivity index (χ0v) is 18.0. The minimum Gasteiger partial charge on any atom is -0.493 e. The number of amides is 1. The molecule has 0 atom stereocenters. The van der Waals surface area contributed by atoms with Crippen molar-refractivity contribution in [3.63, 3.8) is 0 Å². The number of benzene rings is 2. The Hall–Kier alpha value is -2.36. The molecule has 0 aliphatic carbocycles. The highest BCUT2D eigenvalue weighted by Gasteiger charge is 2.33. The van der Waals surface area contributed by atoms with E-state index in [-0.39, 0.29) is 11.5 Å². The molecular weight excluding hydrogens is 466 g/mol. The number of thiocarbonyl (C=S) groups is 1. The van der Waals surface area contributed by atoms with Gasteiger partial charge in [0.05, 0.1) is 34.8 Å². The second kappa shape index (κ2) is 8.34. The second-order valence-electron chi connectivity index (χ2n) is 5.61. The lowest BCUT2D eigenvalue weighted by Crippen LogP contribution is -2.27. The molecule has 1 heterocycles. The third-order valence-corrected chi connectivity index (χ3v) is 5.79. The van der Waals surface area contributed by atoms with Gasteiger partial charge in [-0.25, -0.2) is 4.79 Å². The Morgan fingerprint density at radius 2 is 2.00 bits per heavy atom. The maximum Gasteiger partial charge on any atom is 0.335 e. The maximum atomic E-state index is 12.9. The van der Waals surface area contributed by atoms with E-state index in [2.05, 4.69) is 15.9 Å². The number of carbonyl (C=O) groups is 2. The topological polar surface area (TPSA) is 76.1 Å². The summed E-state index contributed by atoms with van der Waals surface area (Å²) in [4.78, 5) is 25.8. The molecular formula is C19H14BrNO5S2. The molecule has 0 aromatic heterocycles. The normalized spacial score (nSPS) is 15.2. The molecule has 2 aromatic carbocycles. The SMILES string of the molecule is COc1cc(C=C2SC(=S)N(c3cccc(C(=O)O)c3)C2=O)cc(Br)c1OC. The van der Waals surface area contributed by atoms with Gasteiger partial charge in [0.15, 0.2) is 15.8 Å². The van der Waals surface area contributed by atoms with E-state index in [0.717, 1.165) is 17.3 Å². The average Bonchev–Trinajstić information content (AvgIpc) is 2.94. The number of aromatic carboxylic acids is 1. The number of halogens is 1. The van der Waals surface area contributed by atoms with Crippen LogP contribution in [0, 0.1) is 0 Å². The third-order valence-electron chi connectivity index (χ3n) is 3.90. The lowest BCUT2D eigenvalue weighted by Gasteiger charge is -2.15. The van der Waals surface area contributed by atoms with Crippen LogP contribution in [0.3, 0.4) is 0 Å². The third kappa shape index (κ3) is 3.91. The number of ether oxygens (including phenoxy) is 2. The minimum atomic E-state index is -1.07. The molecule has 0 bridgehead atoms. The van der Waals surface area contributed by atoms with Crippen LogP contribution in [0.1, 0.15) is 15.9 Å². The predicted molar refractivity (Wildman–Crippen MR) is 116 cm³/mol. The fourth-order valence-corrected chi connectivity index (χ4v) is 4.56. The van der Waals surface area contributed by atoms with E-state index >= 15 is 0 Å². The highest BCUT2D eigenvalue weighted by Crippen LogP contribution is 2.40. The largest absolute Gasteiger partial charge is 0.493 e. The number of methoxy groups -OCH3 is 2. The van der Waals surface area contributed by atoms with E-state index in [1.165, 1.54) is 24.1 Å². The fourth-order valence-electron chi connectivity index (χ4n) is 2.64. The molecule has 0 unspecified atom stereocenters. The van der Waals surface area contributed by atoms with Gasteiger partial charge in [0.1, 0.15) is 0 Å². The van der Waals surface area contributed by atoms with Crippen molar-refractivity contribution >= 4 is 67.9 Å². The van der Waals surface area contributed by atoms with Gasteiger partial charge in [-0.05, 0) is 57.9 Å². The van der Waals surface area contributed by atoms with Crippen LogP contribution in [0.2, 0.25) is 0 Å². The summed E-state index contributed by atoms with van der Waals surface area (Å²) >= 11 is 9.92. The highest BCUT2D eigenvalue weighted by atomic mass is 79.9. The number of carboxylic acid groups (broad SMARTS) is 1. The molecule has 0 spiro atoms. The van der Waals surface area contributed by atoms with Crippen LogP contribution in [0.25, 0.3) is 6.08 Å². The average molecular weight is 480 g/mol. The quantitative estimate of drug-likeness (QED) is 0.496. The van der Waals surface area contributed by atoms with E-state index in [1.807, 2.05) is 0 Å². The van der Waals surface area contributed by atoms with Crippen molar-refractivity contribution in [3.8, 4) is 11.5 Å². The number of hydrogen-bond acceptors (Lipinski definition) is 6. The van der Waals surface area contributed by atoms with E-state index in [0.29, 0.717) is 30.9 Å². The summed E-state index contributed by atoms with van der Waals surface area (Å²) in [5, 5.41) is 9.17. The standard InChI is InChI=1S/C19H14BrNO5S2/c1-25-14-7-10(6-13(20)16(14)26-2)8-15-17(22)21(19(27)28-15)12-5-3-4-11(9-12)18(23)24/h3-9H,1-2H3,(H,23,24). The number of hydrogen-bond donors (Lipinski definition) is 1. The first-order valence-corrected chi connectivity index (χ1v) is 9.90. The first-order chi connectivity index (χ1) is 13.3. The van der Waals surface area contributed by atoms with Crippen molar-refractivity contribution in [2.75, 3.05) is 19.1 Å². The molecule has 144 valence electrons. The Morgan fingerprint density at radius 1 is 1.25 bits per heavy atom. The minimum absolute atomic E-state index is 0.0827. The van der Waals surface area contributed by atoms with Crippen LogP contribution >= 0.6 is 39.9 Å². The second-order valence-corrected chi connectivity index (χ2v) is 8.14. The van der Waals surface area contributed by atoms with E-state index in [4.69, 9.17) is 26.8 Å². The van der Waals surface area contributed by atoms with Gasteiger partial charge in [-0.2, -0.15) is 0 Å². The summed E-state index contributed by atoms with van der Waals surface area (Å²) in [6, 6.07) is 9.66. The van der Waals surface area contributed by atoms with Crippen LogP contribution in [0.4, 0.5) is 5.69 Å². The summed E-state index contributed by atoms with van der Waals surface area (Å²) in [5.74, 6) is -0.313. The lowest BCUT2D eigenvalue weighted by molar-refractivity contribution is -0.113. The molecule has 1 N–H and O–H groups in total. The molecule has 6 nitrogen and oxygen atoms in total. The number of carbonyl (C=O) groups excluding carboxylic acids is 1. The Balaban J connectivity index is 1.97. The van der Waals surface area contributed by atoms with Crippen LogP contribution in [-0.4, -0.2) is 35.5 Å². The predicted octanol–water partition coefficient (Wildman–Crippen LogP) is 4.57. The molecule has 2 aromatic rings. The Morgan fingerprint density at radius 3 is 2.64 bits per heavy atom. The summed E-state index contributed by atoms with van der Waals surface area (Å²) in [6.45, 7) is 0. The monoisotopic (exact) mass is 479 g/mol. The van der Waals surface area contributed by atoms with Crippen molar-refractivity contribution in [1.82, 2.24) is 0 Å². The first kappa shape index (κ1) is 20.4. The van der Waals surface area contributed by atoms with Gasteiger partial charge in [-0.3, -0.25) is 9.69 Å². The lowest BCUT2D eigenvalue weighted by atomic mass is 10.1. The molecule has 3 rings (SSSR count). The Bertz CT molecular complexity index is 1020. The van der Waals surface area contributed by atoms with Gasteiger partial charge in [0.2, 0.25) is 0 Å². The molecule has 1 aliphatic rings. The number of rotatable bonds is 5. The van der Waals surface area contributed by atoms with E-state index < -0.39 is 5.97 Å². The van der Waals surface area contributed by atoms with Crippen molar-refractivity contribution in [2.45, 2.75) is 0 Å². The van der Waals surface area contributed by atoms with Gasteiger partial charge in [0, 0.05) is 0 Å². The van der Waals surface area contributed by atoms with E-state index in [1.54, 1.807) is 37.5 Å². The summed E-state index contributed by atoms with van der Waals surface area (Å²) in [7, 11) is 3.07. The van der Waals surface area contributed by atoms with Crippen LogP contribution in [0.5, 0.6) is 11.5 Å². The van der Waals surface area contributed by atoms with Gasteiger partial charge in [0.25, 0.3) is 5.91 Å². The number of anilines is 1. The summed E-state index contributed by atoms with van der Waals surface area (Å²) in [5.41, 5.74) is 1.22. The Kier molecular flexibility index (Phi) is 6.07. The van der Waals surface area contributed by atoms with Crippen LogP contribution in [0.15, 0.2) is 45.8 Å². The number of carboxylic acids is 1. The van der Waals surface area contributed by atoms with E-state index in [9.17, 15) is 9.59 Å². The molecule has 28 heavy (non-hydrogen) atoms. The summed E-state index contributed by atoms with van der Waals surface area (Å²) < 4.78 is 11.6. The van der Waals surface area contributed by atoms with Crippen molar-refractivity contribution in [3.05, 3.63) is 56.9 Å². The molecule has 0 saturated carbocycles. The smallest absolute Gasteiger partial charge is 0.335 e. The zero-order valence-electron chi connectivity index (χ0n) is 14.8. The maximum absolute atomic E-state index is 12.9. The van der Waals surface area contributed by atoms with Crippen molar-refractivity contribution < 1.29 is 24.2 Å². The van der Waals surface area contributed by atoms with Crippen LogP contribution in [-0.2, 0) is 4.79 Å².